The van der Waals surface area contributed by atoms with E-state index < -0.39 is 8.56 Å². The molecule has 0 aromatic carbocycles. The highest BCUT2D eigenvalue weighted by Crippen LogP contribution is 2.54. The molecule has 3 heteroatoms. The van der Waals surface area contributed by atoms with E-state index in [-0.39, 0.29) is 5.60 Å². The summed E-state index contributed by atoms with van der Waals surface area (Å²) in [7, 11) is -2.39. The average Bonchev–Trinajstić information content (AvgIpc) is 3.48. The fourth-order valence-corrected chi connectivity index (χ4v) is 14.3. The summed E-state index contributed by atoms with van der Waals surface area (Å²) in [6.45, 7) is 5.80. The topological polar surface area (TPSA) is 18.5 Å². The lowest BCUT2D eigenvalue weighted by Crippen LogP contribution is -2.60. The van der Waals surface area contributed by atoms with Crippen molar-refractivity contribution in [1.29, 1.82) is 0 Å². The zero-order valence-electron chi connectivity index (χ0n) is 23.8. The summed E-state index contributed by atoms with van der Waals surface area (Å²) in [6, 6.07) is 0. The summed E-state index contributed by atoms with van der Waals surface area (Å²) in [5.41, 5.74) is 1.49. The van der Waals surface area contributed by atoms with E-state index in [0.29, 0.717) is 0 Å². The van der Waals surface area contributed by atoms with Gasteiger partial charge in [0.1, 0.15) is 0 Å². The molecule has 0 bridgehead atoms. The standard InChI is InChI=1S/C32H60O2Si/c1-3-33-35(30-24-16-8-9-17-25-30,31-26-18-10-11-19-27-31)34-32(2,28-20-12-4-5-13-21-28)29-22-14-6-7-15-23-29/h28-31H,3-27H2,1-2H3. The summed E-state index contributed by atoms with van der Waals surface area (Å²) in [4.78, 5) is 0. The molecular formula is C32H60O2Si. The summed E-state index contributed by atoms with van der Waals surface area (Å²) in [6.07, 6.45) is 34.0. The lowest BCUT2D eigenvalue weighted by atomic mass is 9.72. The molecule has 35 heavy (non-hydrogen) atoms. The Kier molecular flexibility index (Phi) is 11.5. The molecule has 0 saturated heterocycles. The summed E-state index contributed by atoms with van der Waals surface area (Å²) < 4.78 is 15.4. The first-order chi connectivity index (χ1) is 17.2. The van der Waals surface area contributed by atoms with Crippen molar-refractivity contribution in [1.82, 2.24) is 0 Å². The van der Waals surface area contributed by atoms with Crippen molar-refractivity contribution >= 4 is 8.56 Å². The number of hydrogen-bond acceptors (Lipinski definition) is 2. The Morgan fingerprint density at radius 2 is 0.829 bits per heavy atom. The van der Waals surface area contributed by atoms with Crippen molar-refractivity contribution in [2.75, 3.05) is 6.61 Å². The van der Waals surface area contributed by atoms with Crippen LogP contribution >= 0.6 is 0 Å². The third-order valence-corrected chi connectivity index (χ3v) is 15.9. The van der Waals surface area contributed by atoms with E-state index in [2.05, 4.69) is 13.8 Å². The van der Waals surface area contributed by atoms with Crippen molar-refractivity contribution < 1.29 is 8.85 Å². The van der Waals surface area contributed by atoms with Crippen molar-refractivity contribution in [3.05, 3.63) is 0 Å². The molecule has 0 aliphatic heterocycles. The smallest absolute Gasteiger partial charge is 0.345 e. The van der Waals surface area contributed by atoms with Crippen molar-refractivity contribution in [2.24, 2.45) is 11.8 Å². The van der Waals surface area contributed by atoms with Gasteiger partial charge < -0.3 is 8.85 Å². The number of hydrogen-bond donors (Lipinski definition) is 0. The average molecular weight is 505 g/mol. The van der Waals surface area contributed by atoms with E-state index in [1.54, 1.807) is 0 Å². The Morgan fingerprint density at radius 1 is 0.514 bits per heavy atom. The third kappa shape index (κ3) is 7.17. The second kappa shape index (κ2) is 14.3. The second-order valence-electron chi connectivity index (χ2n) is 13.2. The highest BCUT2D eigenvalue weighted by Gasteiger charge is 2.57. The molecular weight excluding hydrogens is 444 g/mol. The first-order valence-electron chi connectivity index (χ1n) is 16.5. The Balaban J connectivity index is 1.73. The molecule has 4 rings (SSSR count). The van der Waals surface area contributed by atoms with Crippen LogP contribution < -0.4 is 0 Å². The van der Waals surface area contributed by atoms with Gasteiger partial charge in [0.15, 0.2) is 0 Å². The van der Waals surface area contributed by atoms with Crippen LogP contribution in [0.2, 0.25) is 11.1 Å². The molecule has 0 aromatic rings. The van der Waals surface area contributed by atoms with Crippen LogP contribution in [-0.4, -0.2) is 20.8 Å². The minimum atomic E-state index is -2.39. The van der Waals surface area contributed by atoms with Gasteiger partial charge in [0, 0.05) is 17.7 Å². The minimum absolute atomic E-state index is 0.0364. The molecule has 204 valence electrons. The molecule has 0 radical (unpaired) electrons. The monoisotopic (exact) mass is 504 g/mol. The molecule has 4 saturated carbocycles. The highest BCUT2D eigenvalue weighted by molar-refractivity contribution is 6.70. The molecule has 0 spiro atoms. The van der Waals surface area contributed by atoms with Crippen LogP contribution in [0.5, 0.6) is 0 Å². The zero-order chi connectivity index (χ0) is 24.4. The SMILES string of the molecule is CCO[Si](OC(C)(C1CCCCCC1)C1CCCCCC1)(C1CCCCCC1)C1CCCCCC1. The van der Waals surface area contributed by atoms with Gasteiger partial charge in [-0.1, -0.05) is 103 Å². The molecule has 0 aromatic heterocycles. The maximum Gasteiger partial charge on any atom is 0.345 e. The normalized spacial score (nSPS) is 26.6. The van der Waals surface area contributed by atoms with Crippen molar-refractivity contribution in [3.63, 3.8) is 0 Å². The molecule has 4 aliphatic rings. The lowest BCUT2D eigenvalue weighted by Gasteiger charge is -2.53. The predicted molar refractivity (Wildman–Crippen MR) is 152 cm³/mol. The first kappa shape index (κ1) is 28.2. The van der Waals surface area contributed by atoms with Crippen LogP contribution in [0, 0.1) is 11.8 Å². The third-order valence-electron chi connectivity index (χ3n) is 10.9. The molecule has 4 aliphatic carbocycles. The van der Waals surface area contributed by atoms with Crippen LogP contribution in [0.15, 0.2) is 0 Å². The molecule has 0 N–H and O–H groups in total. The molecule has 4 fully saturated rings. The lowest BCUT2D eigenvalue weighted by molar-refractivity contribution is -0.0750. The largest absolute Gasteiger partial charge is 0.394 e. The fraction of sp³-hybridized carbons (Fsp3) is 1.00. The van der Waals surface area contributed by atoms with Gasteiger partial charge in [-0.05, 0) is 77.0 Å². The van der Waals surface area contributed by atoms with Gasteiger partial charge in [0.2, 0.25) is 0 Å². The first-order valence-corrected chi connectivity index (χ1v) is 18.5. The van der Waals surface area contributed by atoms with Crippen LogP contribution in [-0.2, 0) is 8.85 Å². The molecule has 0 heterocycles. The van der Waals surface area contributed by atoms with Crippen LogP contribution in [0.25, 0.3) is 0 Å². The van der Waals surface area contributed by atoms with Gasteiger partial charge in [0.05, 0.1) is 5.60 Å². The van der Waals surface area contributed by atoms with E-state index in [9.17, 15) is 0 Å². The molecule has 0 amide bonds. The van der Waals surface area contributed by atoms with Crippen molar-refractivity contribution in [2.45, 2.75) is 185 Å². The maximum atomic E-state index is 8.16. The van der Waals surface area contributed by atoms with Gasteiger partial charge >= 0.3 is 8.56 Å². The van der Waals surface area contributed by atoms with Gasteiger partial charge in [-0.3, -0.25) is 0 Å². The summed E-state index contributed by atoms with van der Waals surface area (Å²) >= 11 is 0. The minimum Gasteiger partial charge on any atom is -0.394 e. The van der Waals surface area contributed by atoms with E-state index in [4.69, 9.17) is 8.85 Å². The van der Waals surface area contributed by atoms with E-state index in [1.165, 1.54) is 154 Å². The summed E-state index contributed by atoms with van der Waals surface area (Å²) in [5.74, 6) is 1.49. The van der Waals surface area contributed by atoms with Gasteiger partial charge in [0.25, 0.3) is 0 Å². The Morgan fingerprint density at radius 3 is 1.14 bits per heavy atom. The Bertz CT molecular complexity index is 520. The van der Waals surface area contributed by atoms with Crippen LogP contribution in [0.3, 0.4) is 0 Å². The second-order valence-corrected chi connectivity index (χ2v) is 16.8. The molecule has 0 unspecified atom stereocenters. The van der Waals surface area contributed by atoms with E-state index >= 15 is 0 Å². The van der Waals surface area contributed by atoms with Gasteiger partial charge in [-0.15, -0.1) is 0 Å². The van der Waals surface area contributed by atoms with E-state index in [0.717, 1.165) is 29.5 Å². The fourth-order valence-electron chi connectivity index (χ4n) is 8.90. The van der Waals surface area contributed by atoms with Gasteiger partial charge in [-0.2, -0.15) is 0 Å². The quantitative estimate of drug-likeness (QED) is 0.242. The van der Waals surface area contributed by atoms with Crippen molar-refractivity contribution in [3.8, 4) is 0 Å². The highest BCUT2D eigenvalue weighted by atomic mass is 28.4. The summed E-state index contributed by atoms with van der Waals surface area (Å²) in [5, 5.41) is 0. The molecule has 0 atom stereocenters. The van der Waals surface area contributed by atoms with Crippen LogP contribution in [0.1, 0.15) is 168 Å². The van der Waals surface area contributed by atoms with Gasteiger partial charge in [-0.25, -0.2) is 0 Å². The molecule has 2 nitrogen and oxygen atoms in total. The predicted octanol–water partition coefficient (Wildman–Crippen LogP) is 10.6. The Labute approximate surface area is 220 Å². The zero-order valence-corrected chi connectivity index (χ0v) is 24.8. The maximum absolute atomic E-state index is 8.16. The Hall–Kier alpha value is 0.137. The number of rotatable bonds is 8. The van der Waals surface area contributed by atoms with E-state index in [1.807, 2.05) is 0 Å². The van der Waals surface area contributed by atoms with Crippen LogP contribution in [0.4, 0.5) is 0 Å².